The molecular formula is C28H33FN6O. The van der Waals surface area contributed by atoms with Gasteiger partial charge >= 0.3 is 0 Å². The average molecular weight is 489 g/mol. The summed E-state index contributed by atoms with van der Waals surface area (Å²) in [5.41, 5.74) is 10.4. The van der Waals surface area contributed by atoms with Crippen LogP contribution in [0.15, 0.2) is 71.7 Å². The number of amides is 1. The zero-order valence-electron chi connectivity index (χ0n) is 21.2. The molecular weight excluding hydrogens is 455 g/mol. The van der Waals surface area contributed by atoms with E-state index in [9.17, 15) is 9.18 Å². The number of nitrogens with two attached hydrogens (primary N) is 1. The number of halogens is 1. The fraction of sp³-hybridized carbons (Fsp3) is 0.286. The molecule has 0 unspecified atom stereocenters. The lowest BCUT2D eigenvalue weighted by Gasteiger charge is -2.24. The molecule has 1 aliphatic heterocycles. The molecule has 0 radical (unpaired) electrons. The lowest BCUT2D eigenvalue weighted by atomic mass is 10.0. The molecule has 188 valence electrons. The van der Waals surface area contributed by atoms with Crippen LogP contribution in [0.1, 0.15) is 16.8 Å². The van der Waals surface area contributed by atoms with E-state index in [-0.39, 0.29) is 17.8 Å². The number of hydrogen-bond acceptors (Lipinski definition) is 4. The number of carbonyl (C=O) groups is 1. The number of carbonyl (C=O) groups excluding carboxylic acids is 1. The zero-order chi connectivity index (χ0) is 25.8. The summed E-state index contributed by atoms with van der Waals surface area (Å²) in [4.78, 5) is 24.2. The first-order valence-electron chi connectivity index (χ1n) is 12.0. The molecule has 1 atom stereocenters. The molecule has 1 heterocycles. The van der Waals surface area contributed by atoms with E-state index in [0.29, 0.717) is 16.9 Å². The SMILES string of the molecule is CN(C)C(=N[C@H]1CCN(c2ccc(C(=O)Nc3cc(-c4ccc(F)cc4)ccc3N)cc2)C1)N(C)C. The first-order valence-corrected chi connectivity index (χ1v) is 12.0. The summed E-state index contributed by atoms with van der Waals surface area (Å²) < 4.78 is 13.3. The summed E-state index contributed by atoms with van der Waals surface area (Å²) in [5, 5.41) is 2.91. The first-order chi connectivity index (χ1) is 17.2. The van der Waals surface area contributed by atoms with Crippen LogP contribution < -0.4 is 16.0 Å². The van der Waals surface area contributed by atoms with E-state index in [2.05, 4.69) is 10.2 Å². The highest BCUT2D eigenvalue weighted by Crippen LogP contribution is 2.28. The first kappa shape index (κ1) is 25.0. The largest absolute Gasteiger partial charge is 0.397 e. The van der Waals surface area contributed by atoms with Crippen molar-refractivity contribution in [2.24, 2.45) is 4.99 Å². The lowest BCUT2D eigenvalue weighted by Crippen LogP contribution is -2.37. The minimum Gasteiger partial charge on any atom is -0.397 e. The molecule has 3 N–H and O–H groups in total. The van der Waals surface area contributed by atoms with Crippen LogP contribution in [0.2, 0.25) is 0 Å². The molecule has 1 aliphatic rings. The van der Waals surface area contributed by atoms with Crippen LogP contribution in [-0.2, 0) is 0 Å². The number of anilines is 3. The number of nitrogens with zero attached hydrogens (tertiary/aromatic N) is 4. The maximum atomic E-state index is 13.3. The molecule has 0 saturated carbocycles. The van der Waals surface area contributed by atoms with Gasteiger partial charge < -0.3 is 25.8 Å². The van der Waals surface area contributed by atoms with Crippen LogP contribution in [0.5, 0.6) is 0 Å². The molecule has 3 aromatic carbocycles. The number of rotatable bonds is 5. The molecule has 4 rings (SSSR count). The Balaban J connectivity index is 1.43. The van der Waals surface area contributed by atoms with Crippen molar-refractivity contribution in [3.63, 3.8) is 0 Å². The minimum atomic E-state index is -0.296. The molecule has 8 heteroatoms. The monoisotopic (exact) mass is 488 g/mol. The van der Waals surface area contributed by atoms with Crippen molar-refractivity contribution in [3.8, 4) is 11.1 Å². The Labute approximate surface area is 212 Å². The number of benzene rings is 3. The number of nitrogen functional groups attached to an aromatic ring is 1. The Kier molecular flexibility index (Phi) is 7.43. The van der Waals surface area contributed by atoms with Crippen LogP contribution in [0, 0.1) is 5.82 Å². The summed E-state index contributed by atoms with van der Waals surface area (Å²) >= 11 is 0. The third-order valence-corrected chi connectivity index (χ3v) is 6.24. The second kappa shape index (κ2) is 10.7. The van der Waals surface area contributed by atoms with Gasteiger partial charge in [-0.25, -0.2) is 9.38 Å². The van der Waals surface area contributed by atoms with Crippen LogP contribution >= 0.6 is 0 Å². The number of aliphatic imine (C=N–C) groups is 1. The van der Waals surface area contributed by atoms with Gasteiger partial charge in [0.1, 0.15) is 5.82 Å². The van der Waals surface area contributed by atoms with E-state index < -0.39 is 0 Å². The smallest absolute Gasteiger partial charge is 0.255 e. The third kappa shape index (κ3) is 5.76. The highest BCUT2D eigenvalue weighted by molar-refractivity contribution is 6.06. The van der Waals surface area contributed by atoms with Crippen molar-refractivity contribution in [2.45, 2.75) is 12.5 Å². The van der Waals surface area contributed by atoms with Crippen molar-refractivity contribution in [1.29, 1.82) is 0 Å². The van der Waals surface area contributed by atoms with Crippen molar-refractivity contribution >= 4 is 28.9 Å². The highest BCUT2D eigenvalue weighted by Gasteiger charge is 2.24. The topological polar surface area (TPSA) is 77.2 Å². The predicted octanol–water partition coefficient (Wildman–Crippen LogP) is 4.39. The van der Waals surface area contributed by atoms with Gasteiger partial charge in [0.25, 0.3) is 5.91 Å². The minimum absolute atomic E-state index is 0.226. The Morgan fingerprint density at radius 3 is 2.25 bits per heavy atom. The fourth-order valence-electron chi connectivity index (χ4n) is 4.38. The van der Waals surface area contributed by atoms with E-state index in [0.717, 1.165) is 42.3 Å². The Hall–Kier alpha value is -4.07. The van der Waals surface area contributed by atoms with Gasteiger partial charge in [0.05, 0.1) is 17.4 Å². The summed E-state index contributed by atoms with van der Waals surface area (Å²) in [6.07, 6.45) is 0.983. The molecule has 0 aliphatic carbocycles. The van der Waals surface area contributed by atoms with Gasteiger partial charge in [0.15, 0.2) is 5.96 Å². The normalized spacial score (nSPS) is 14.9. The second-order valence-electron chi connectivity index (χ2n) is 9.42. The van der Waals surface area contributed by atoms with E-state index >= 15 is 0 Å². The molecule has 0 aromatic heterocycles. The van der Waals surface area contributed by atoms with Gasteiger partial charge in [-0.1, -0.05) is 18.2 Å². The third-order valence-electron chi connectivity index (χ3n) is 6.24. The van der Waals surface area contributed by atoms with E-state index in [1.807, 2.05) is 68.3 Å². The fourth-order valence-corrected chi connectivity index (χ4v) is 4.38. The van der Waals surface area contributed by atoms with E-state index in [4.69, 9.17) is 10.7 Å². The standard InChI is InChI=1S/C28H33FN6O/c1-33(2)28(34(3)4)31-23-15-16-35(18-23)24-12-7-20(8-13-24)27(36)32-26-17-21(9-14-25(26)30)19-5-10-22(29)11-6-19/h5-14,17,23H,15-16,18,30H2,1-4H3,(H,32,36)/t23-/m0/s1. The quantitative estimate of drug-likeness (QED) is 0.317. The second-order valence-corrected chi connectivity index (χ2v) is 9.42. The van der Waals surface area contributed by atoms with Gasteiger partial charge in [0, 0.05) is 52.5 Å². The summed E-state index contributed by atoms with van der Waals surface area (Å²) in [6.45, 7) is 1.75. The zero-order valence-corrected chi connectivity index (χ0v) is 21.2. The molecule has 1 saturated heterocycles. The van der Waals surface area contributed by atoms with E-state index in [1.54, 1.807) is 24.3 Å². The summed E-state index contributed by atoms with van der Waals surface area (Å²) in [5.74, 6) is 0.418. The van der Waals surface area contributed by atoms with Crippen LogP contribution in [0.3, 0.4) is 0 Å². The van der Waals surface area contributed by atoms with Gasteiger partial charge in [-0.15, -0.1) is 0 Å². The van der Waals surface area contributed by atoms with Crippen LogP contribution in [-0.4, -0.2) is 69.0 Å². The van der Waals surface area contributed by atoms with Crippen LogP contribution in [0.25, 0.3) is 11.1 Å². The highest BCUT2D eigenvalue weighted by atomic mass is 19.1. The Morgan fingerprint density at radius 1 is 0.972 bits per heavy atom. The summed E-state index contributed by atoms with van der Waals surface area (Å²) in [6, 6.07) is 19.4. The maximum absolute atomic E-state index is 13.3. The predicted molar refractivity (Wildman–Crippen MR) is 146 cm³/mol. The lowest BCUT2D eigenvalue weighted by molar-refractivity contribution is 0.102. The molecule has 3 aromatic rings. The van der Waals surface area contributed by atoms with Gasteiger partial charge in [-0.3, -0.25) is 4.79 Å². The molecule has 1 fully saturated rings. The molecule has 0 spiro atoms. The van der Waals surface area contributed by atoms with Crippen molar-refractivity contribution in [3.05, 3.63) is 78.1 Å². The number of hydrogen-bond donors (Lipinski definition) is 2. The van der Waals surface area contributed by atoms with Gasteiger partial charge in [0.2, 0.25) is 0 Å². The number of guanidine groups is 1. The maximum Gasteiger partial charge on any atom is 0.255 e. The van der Waals surface area contributed by atoms with E-state index in [1.165, 1.54) is 12.1 Å². The van der Waals surface area contributed by atoms with Gasteiger partial charge in [-0.05, 0) is 66.1 Å². The Bertz CT molecular complexity index is 1230. The Morgan fingerprint density at radius 2 is 1.61 bits per heavy atom. The molecule has 7 nitrogen and oxygen atoms in total. The van der Waals surface area contributed by atoms with Crippen molar-refractivity contribution in [2.75, 3.05) is 57.2 Å². The van der Waals surface area contributed by atoms with Crippen molar-refractivity contribution in [1.82, 2.24) is 9.80 Å². The van der Waals surface area contributed by atoms with Crippen molar-refractivity contribution < 1.29 is 9.18 Å². The average Bonchev–Trinajstić information content (AvgIpc) is 3.33. The molecule has 36 heavy (non-hydrogen) atoms. The molecule has 1 amide bonds. The van der Waals surface area contributed by atoms with Crippen LogP contribution in [0.4, 0.5) is 21.5 Å². The number of nitrogens with one attached hydrogen (secondary N) is 1. The molecule has 0 bridgehead atoms. The van der Waals surface area contributed by atoms with Gasteiger partial charge in [-0.2, -0.15) is 0 Å². The summed E-state index contributed by atoms with van der Waals surface area (Å²) in [7, 11) is 8.01.